The van der Waals surface area contributed by atoms with Gasteiger partial charge in [-0.25, -0.2) is 13.8 Å². The number of halogens is 2. The van der Waals surface area contributed by atoms with Crippen LogP contribution in [-0.4, -0.2) is 12.1 Å². The van der Waals surface area contributed by atoms with Crippen molar-refractivity contribution in [3.05, 3.63) is 59.3 Å². The average molecular weight is 264 g/mol. The quantitative estimate of drug-likeness (QED) is 0.901. The molecule has 0 aliphatic heterocycles. The molecule has 0 aliphatic carbocycles. The minimum absolute atomic E-state index is 0.330. The second-order valence-electron chi connectivity index (χ2n) is 4.05. The number of rotatable bonds is 5. The van der Waals surface area contributed by atoms with Crippen molar-refractivity contribution >= 4 is 0 Å². The number of pyridine rings is 1. The molecule has 1 aromatic heterocycles. The molecule has 1 heterocycles. The van der Waals surface area contributed by atoms with Crippen LogP contribution in [0.25, 0.3) is 0 Å². The van der Waals surface area contributed by atoms with Gasteiger partial charge in [-0.2, -0.15) is 0 Å². The van der Waals surface area contributed by atoms with Crippen molar-refractivity contribution in [3.63, 3.8) is 0 Å². The largest absolute Gasteiger partial charge is 0.481 e. The Balaban J connectivity index is 1.92. The van der Waals surface area contributed by atoms with E-state index in [9.17, 15) is 8.78 Å². The lowest BCUT2D eigenvalue weighted by molar-refractivity contribution is 0.397. The molecule has 0 saturated heterocycles. The Morgan fingerprint density at radius 2 is 2.00 bits per heavy atom. The van der Waals surface area contributed by atoms with Crippen molar-refractivity contribution in [2.75, 3.05) is 7.11 Å². The second kappa shape index (κ2) is 6.24. The van der Waals surface area contributed by atoms with E-state index in [2.05, 4.69) is 10.3 Å². The van der Waals surface area contributed by atoms with Gasteiger partial charge in [-0.05, 0) is 17.7 Å². The van der Waals surface area contributed by atoms with Crippen LogP contribution in [0.1, 0.15) is 11.1 Å². The van der Waals surface area contributed by atoms with E-state index in [1.165, 1.54) is 12.1 Å². The van der Waals surface area contributed by atoms with Crippen LogP contribution < -0.4 is 10.1 Å². The molecule has 3 nitrogen and oxygen atoms in total. The molecule has 0 saturated carbocycles. The summed E-state index contributed by atoms with van der Waals surface area (Å²) in [6.07, 6.45) is 1.65. The van der Waals surface area contributed by atoms with Crippen LogP contribution in [0.3, 0.4) is 0 Å². The predicted molar refractivity (Wildman–Crippen MR) is 67.7 cm³/mol. The first-order chi connectivity index (χ1) is 9.19. The highest BCUT2D eigenvalue weighted by Gasteiger charge is 2.03. The summed E-state index contributed by atoms with van der Waals surface area (Å²) in [5.74, 6) is -0.577. The van der Waals surface area contributed by atoms with Crippen molar-refractivity contribution in [2.24, 2.45) is 0 Å². The van der Waals surface area contributed by atoms with Gasteiger partial charge in [0.1, 0.15) is 11.6 Å². The molecular weight excluding hydrogens is 250 g/mol. The van der Waals surface area contributed by atoms with Crippen LogP contribution in [0.15, 0.2) is 36.5 Å². The van der Waals surface area contributed by atoms with Crippen molar-refractivity contribution in [2.45, 2.75) is 13.1 Å². The summed E-state index contributed by atoms with van der Waals surface area (Å²) in [4.78, 5) is 4.00. The Bertz CT molecular complexity index is 561. The van der Waals surface area contributed by atoms with Gasteiger partial charge in [-0.1, -0.05) is 6.07 Å². The Morgan fingerprint density at radius 3 is 2.74 bits per heavy atom. The summed E-state index contributed by atoms with van der Waals surface area (Å²) >= 11 is 0. The van der Waals surface area contributed by atoms with Gasteiger partial charge in [0.15, 0.2) is 0 Å². The fourth-order valence-electron chi connectivity index (χ4n) is 1.68. The summed E-state index contributed by atoms with van der Waals surface area (Å²) in [5, 5.41) is 3.08. The molecule has 0 bridgehead atoms. The summed E-state index contributed by atoms with van der Waals surface area (Å²) in [6, 6.07) is 7.21. The topological polar surface area (TPSA) is 34.1 Å². The van der Waals surface area contributed by atoms with E-state index < -0.39 is 11.6 Å². The van der Waals surface area contributed by atoms with Crippen molar-refractivity contribution in [1.82, 2.24) is 10.3 Å². The fourth-order valence-corrected chi connectivity index (χ4v) is 1.68. The van der Waals surface area contributed by atoms with Gasteiger partial charge in [-0.3, -0.25) is 0 Å². The van der Waals surface area contributed by atoms with Crippen LogP contribution in [0.2, 0.25) is 0 Å². The first-order valence-corrected chi connectivity index (χ1v) is 5.82. The summed E-state index contributed by atoms with van der Waals surface area (Å²) < 4.78 is 31.1. The number of nitrogens with zero attached hydrogens (tertiary/aromatic N) is 1. The summed E-state index contributed by atoms with van der Waals surface area (Å²) in [6.45, 7) is 0.881. The molecule has 5 heteroatoms. The first-order valence-electron chi connectivity index (χ1n) is 5.82. The third-order valence-electron chi connectivity index (χ3n) is 2.67. The molecule has 0 fully saturated rings. The molecule has 1 N–H and O–H groups in total. The second-order valence-corrected chi connectivity index (χ2v) is 4.05. The lowest BCUT2D eigenvalue weighted by Gasteiger charge is -2.07. The number of hydrogen-bond acceptors (Lipinski definition) is 3. The van der Waals surface area contributed by atoms with Gasteiger partial charge < -0.3 is 10.1 Å². The SMILES string of the molecule is COc1cc(CNCc2ccc(F)cc2F)ccn1. The van der Waals surface area contributed by atoms with Crippen LogP contribution in [0, 0.1) is 11.6 Å². The third kappa shape index (κ3) is 3.72. The fraction of sp³-hybridized carbons (Fsp3) is 0.214. The average Bonchev–Trinajstić information content (AvgIpc) is 2.41. The van der Waals surface area contributed by atoms with Crippen LogP contribution in [-0.2, 0) is 13.1 Å². The zero-order valence-corrected chi connectivity index (χ0v) is 10.5. The molecule has 0 unspecified atom stereocenters. The maximum atomic E-state index is 13.4. The lowest BCUT2D eigenvalue weighted by Crippen LogP contribution is -2.14. The Morgan fingerprint density at radius 1 is 1.16 bits per heavy atom. The zero-order valence-electron chi connectivity index (χ0n) is 10.5. The normalized spacial score (nSPS) is 10.5. The summed E-state index contributed by atoms with van der Waals surface area (Å²) in [5.41, 5.74) is 1.41. The van der Waals surface area contributed by atoms with Gasteiger partial charge in [0.2, 0.25) is 5.88 Å². The smallest absolute Gasteiger partial charge is 0.213 e. The van der Waals surface area contributed by atoms with Gasteiger partial charge in [-0.15, -0.1) is 0 Å². The van der Waals surface area contributed by atoms with Crippen LogP contribution in [0.5, 0.6) is 5.88 Å². The van der Waals surface area contributed by atoms with E-state index in [0.717, 1.165) is 11.6 Å². The molecule has 0 spiro atoms. The molecule has 100 valence electrons. The van der Waals surface area contributed by atoms with E-state index in [4.69, 9.17) is 4.74 Å². The lowest BCUT2D eigenvalue weighted by atomic mass is 10.2. The minimum Gasteiger partial charge on any atom is -0.481 e. The molecule has 19 heavy (non-hydrogen) atoms. The highest BCUT2D eigenvalue weighted by Crippen LogP contribution is 2.11. The van der Waals surface area contributed by atoms with E-state index in [1.807, 2.05) is 6.07 Å². The molecule has 1 aromatic carbocycles. The maximum absolute atomic E-state index is 13.4. The van der Waals surface area contributed by atoms with Crippen molar-refractivity contribution < 1.29 is 13.5 Å². The number of nitrogens with one attached hydrogen (secondary N) is 1. The molecule has 2 aromatic rings. The predicted octanol–water partition coefficient (Wildman–Crippen LogP) is 2.66. The number of methoxy groups -OCH3 is 1. The van der Waals surface area contributed by atoms with Gasteiger partial charge in [0, 0.05) is 37.0 Å². The van der Waals surface area contributed by atoms with E-state index in [-0.39, 0.29) is 0 Å². The number of aromatic nitrogens is 1. The van der Waals surface area contributed by atoms with Crippen LogP contribution >= 0.6 is 0 Å². The molecule has 2 rings (SSSR count). The molecule has 0 amide bonds. The van der Waals surface area contributed by atoms with Gasteiger partial charge in [0.05, 0.1) is 7.11 Å². The van der Waals surface area contributed by atoms with Crippen molar-refractivity contribution in [3.8, 4) is 5.88 Å². The molecule has 0 atom stereocenters. The van der Waals surface area contributed by atoms with E-state index >= 15 is 0 Å². The number of ether oxygens (including phenoxy) is 1. The molecule has 0 aliphatic rings. The highest BCUT2D eigenvalue weighted by molar-refractivity contribution is 5.21. The first kappa shape index (κ1) is 13.4. The highest BCUT2D eigenvalue weighted by atomic mass is 19.1. The standard InChI is InChI=1S/C14H14F2N2O/c1-19-14-6-10(4-5-18-14)8-17-9-11-2-3-12(15)7-13(11)16/h2-7,17H,8-9H2,1H3. The minimum atomic E-state index is -0.569. The van der Waals surface area contributed by atoms with E-state index in [0.29, 0.717) is 24.5 Å². The molecular formula is C14H14F2N2O. The van der Waals surface area contributed by atoms with E-state index in [1.54, 1.807) is 19.4 Å². The monoisotopic (exact) mass is 264 g/mol. The third-order valence-corrected chi connectivity index (χ3v) is 2.67. The van der Waals surface area contributed by atoms with Crippen molar-refractivity contribution in [1.29, 1.82) is 0 Å². The molecule has 0 radical (unpaired) electrons. The Kier molecular flexibility index (Phi) is 4.41. The van der Waals surface area contributed by atoms with Gasteiger partial charge in [0.25, 0.3) is 0 Å². The Hall–Kier alpha value is -2.01. The van der Waals surface area contributed by atoms with Crippen LogP contribution in [0.4, 0.5) is 8.78 Å². The maximum Gasteiger partial charge on any atom is 0.213 e. The van der Waals surface area contributed by atoms with Gasteiger partial charge >= 0.3 is 0 Å². The Labute approximate surface area is 110 Å². The number of hydrogen-bond donors (Lipinski definition) is 1. The number of benzene rings is 1. The summed E-state index contributed by atoms with van der Waals surface area (Å²) in [7, 11) is 1.55. The zero-order chi connectivity index (χ0) is 13.7.